The minimum absolute atomic E-state index is 0.262. The van der Waals surface area contributed by atoms with Crippen molar-refractivity contribution in [3.8, 4) is 0 Å². The summed E-state index contributed by atoms with van der Waals surface area (Å²) in [5, 5.41) is 2.82. The number of rotatable bonds is 3. The fourth-order valence-corrected chi connectivity index (χ4v) is 2.51. The third kappa shape index (κ3) is 3.36. The molecule has 1 amide bonds. The Morgan fingerprint density at radius 2 is 2.00 bits per heavy atom. The van der Waals surface area contributed by atoms with Gasteiger partial charge < -0.3 is 5.32 Å². The van der Waals surface area contributed by atoms with E-state index in [2.05, 4.69) is 21.2 Å². The maximum atomic E-state index is 13.1. The van der Waals surface area contributed by atoms with Gasteiger partial charge in [0.2, 0.25) is 0 Å². The van der Waals surface area contributed by atoms with Gasteiger partial charge in [-0.25, -0.2) is 4.39 Å². The quantitative estimate of drug-likeness (QED) is 0.830. The van der Waals surface area contributed by atoms with Crippen LogP contribution in [0.25, 0.3) is 0 Å². The van der Waals surface area contributed by atoms with Crippen molar-refractivity contribution in [2.75, 3.05) is 11.6 Å². The first kappa shape index (κ1) is 14.1. The maximum absolute atomic E-state index is 13.1. The summed E-state index contributed by atoms with van der Waals surface area (Å²) >= 11 is 4.62. The van der Waals surface area contributed by atoms with Crippen LogP contribution in [-0.2, 0) is 0 Å². The van der Waals surface area contributed by atoms with Crippen LogP contribution < -0.4 is 5.32 Å². The van der Waals surface area contributed by atoms with Gasteiger partial charge in [-0.2, -0.15) is 0 Å². The van der Waals surface area contributed by atoms with Crippen molar-refractivity contribution in [1.29, 1.82) is 0 Å². The largest absolute Gasteiger partial charge is 0.321 e. The van der Waals surface area contributed by atoms with Crippen molar-refractivity contribution in [3.05, 3.63) is 58.3 Å². The molecular formula is C14H11BrFNOS. The molecule has 1 N–H and O–H groups in total. The number of carbonyl (C=O) groups is 1. The Bertz CT molecular complexity index is 618. The van der Waals surface area contributed by atoms with Crippen LogP contribution in [0.15, 0.2) is 51.8 Å². The van der Waals surface area contributed by atoms with Gasteiger partial charge in [0.1, 0.15) is 5.82 Å². The van der Waals surface area contributed by atoms with Gasteiger partial charge in [0.15, 0.2) is 0 Å². The van der Waals surface area contributed by atoms with Crippen molar-refractivity contribution in [1.82, 2.24) is 0 Å². The van der Waals surface area contributed by atoms with E-state index in [0.29, 0.717) is 5.56 Å². The van der Waals surface area contributed by atoms with Gasteiger partial charge in [0.05, 0.1) is 10.2 Å². The molecule has 0 bridgehead atoms. The minimum atomic E-state index is -0.388. The Labute approximate surface area is 123 Å². The lowest BCUT2D eigenvalue weighted by Gasteiger charge is -2.09. The zero-order valence-electron chi connectivity index (χ0n) is 10.1. The minimum Gasteiger partial charge on any atom is -0.321 e. The third-order valence-corrected chi connectivity index (χ3v) is 3.94. The van der Waals surface area contributed by atoms with Gasteiger partial charge in [-0.05, 0) is 52.5 Å². The lowest BCUT2D eigenvalue weighted by molar-refractivity contribution is 0.102. The van der Waals surface area contributed by atoms with Crippen LogP contribution in [0, 0.1) is 5.82 Å². The summed E-state index contributed by atoms with van der Waals surface area (Å²) < 4.78 is 13.4. The van der Waals surface area contributed by atoms with Gasteiger partial charge in [-0.15, -0.1) is 11.8 Å². The summed E-state index contributed by atoms with van der Waals surface area (Å²) in [7, 11) is 0. The Hall–Kier alpha value is -1.33. The molecule has 0 aliphatic carbocycles. The Morgan fingerprint density at radius 1 is 1.26 bits per heavy atom. The fourth-order valence-electron chi connectivity index (χ4n) is 1.58. The van der Waals surface area contributed by atoms with Gasteiger partial charge in [0.25, 0.3) is 5.91 Å². The standard InChI is InChI=1S/C14H11BrFNOS/c1-19-13-5-3-2-4-12(13)17-14(18)9-6-7-11(16)10(15)8-9/h2-8H,1H3,(H,17,18). The summed E-state index contributed by atoms with van der Waals surface area (Å²) in [6, 6.07) is 11.7. The molecule has 2 aromatic carbocycles. The number of halogens is 2. The molecule has 0 saturated carbocycles. The Morgan fingerprint density at radius 3 is 2.68 bits per heavy atom. The summed E-state index contributed by atoms with van der Waals surface area (Å²) in [5.74, 6) is -0.650. The SMILES string of the molecule is CSc1ccccc1NC(=O)c1ccc(F)c(Br)c1. The molecule has 0 aromatic heterocycles. The highest BCUT2D eigenvalue weighted by atomic mass is 79.9. The summed E-state index contributed by atoms with van der Waals surface area (Å²) in [4.78, 5) is 13.1. The first-order valence-electron chi connectivity index (χ1n) is 5.51. The van der Waals surface area contributed by atoms with E-state index in [0.717, 1.165) is 10.6 Å². The fraction of sp³-hybridized carbons (Fsp3) is 0.0714. The van der Waals surface area contributed by atoms with Crippen molar-refractivity contribution >= 4 is 39.3 Å². The van der Waals surface area contributed by atoms with Crippen molar-refractivity contribution < 1.29 is 9.18 Å². The molecule has 0 aliphatic heterocycles. The van der Waals surface area contributed by atoms with Crippen LogP contribution in [0.2, 0.25) is 0 Å². The maximum Gasteiger partial charge on any atom is 0.255 e. The van der Waals surface area contributed by atoms with Crippen molar-refractivity contribution in [2.24, 2.45) is 0 Å². The lowest BCUT2D eigenvalue weighted by atomic mass is 10.2. The van der Waals surface area contributed by atoms with Crippen LogP contribution >= 0.6 is 27.7 Å². The Balaban J connectivity index is 2.23. The molecule has 2 nitrogen and oxygen atoms in total. The van der Waals surface area contributed by atoms with E-state index in [1.807, 2.05) is 30.5 Å². The van der Waals surface area contributed by atoms with Crippen LogP contribution in [0.4, 0.5) is 10.1 Å². The average molecular weight is 340 g/mol. The van der Waals surface area contributed by atoms with Crippen LogP contribution in [0.5, 0.6) is 0 Å². The van der Waals surface area contributed by atoms with E-state index in [4.69, 9.17) is 0 Å². The molecule has 98 valence electrons. The van der Waals surface area contributed by atoms with E-state index < -0.39 is 0 Å². The number of nitrogens with one attached hydrogen (secondary N) is 1. The van der Waals surface area contributed by atoms with Crippen molar-refractivity contribution in [2.45, 2.75) is 4.90 Å². The number of hydrogen-bond donors (Lipinski definition) is 1. The van der Waals surface area contributed by atoms with Gasteiger partial charge in [-0.1, -0.05) is 12.1 Å². The van der Waals surface area contributed by atoms with Gasteiger partial charge in [-0.3, -0.25) is 4.79 Å². The highest BCUT2D eigenvalue weighted by Gasteiger charge is 2.10. The molecule has 0 saturated heterocycles. The zero-order chi connectivity index (χ0) is 13.8. The highest BCUT2D eigenvalue weighted by Crippen LogP contribution is 2.25. The Kier molecular flexibility index (Phi) is 4.61. The van der Waals surface area contributed by atoms with E-state index in [1.54, 1.807) is 11.8 Å². The van der Waals surface area contributed by atoms with E-state index >= 15 is 0 Å². The molecular weight excluding hydrogens is 329 g/mol. The number of benzene rings is 2. The zero-order valence-corrected chi connectivity index (χ0v) is 12.5. The van der Waals surface area contributed by atoms with E-state index in [1.165, 1.54) is 18.2 Å². The predicted molar refractivity (Wildman–Crippen MR) is 80.3 cm³/mol. The number of thioether (sulfide) groups is 1. The second kappa shape index (κ2) is 6.21. The van der Waals surface area contributed by atoms with E-state index in [-0.39, 0.29) is 16.2 Å². The topological polar surface area (TPSA) is 29.1 Å². The van der Waals surface area contributed by atoms with Gasteiger partial charge in [0, 0.05) is 10.5 Å². The number of para-hydroxylation sites is 1. The summed E-state index contributed by atoms with van der Waals surface area (Å²) in [6.45, 7) is 0. The summed E-state index contributed by atoms with van der Waals surface area (Å²) in [5.41, 5.74) is 1.16. The number of carbonyl (C=O) groups excluding carboxylic acids is 1. The monoisotopic (exact) mass is 339 g/mol. The molecule has 0 fully saturated rings. The molecule has 0 atom stereocenters. The predicted octanol–water partition coefficient (Wildman–Crippen LogP) is 4.56. The smallest absolute Gasteiger partial charge is 0.255 e. The molecule has 2 rings (SSSR count). The first-order chi connectivity index (χ1) is 9.11. The first-order valence-corrected chi connectivity index (χ1v) is 7.53. The lowest BCUT2D eigenvalue weighted by Crippen LogP contribution is -2.12. The van der Waals surface area contributed by atoms with Gasteiger partial charge >= 0.3 is 0 Å². The number of hydrogen-bond acceptors (Lipinski definition) is 2. The second-order valence-electron chi connectivity index (χ2n) is 3.78. The molecule has 0 spiro atoms. The molecule has 19 heavy (non-hydrogen) atoms. The molecule has 0 aliphatic rings. The van der Waals surface area contributed by atoms with Crippen molar-refractivity contribution in [3.63, 3.8) is 0 Å². The molecule has 0 radical (unpaired) electrons. The molecule has 0 heterocycles. The summed E-state index contributed by atoms with van der Waals surface area (Å²) in [6.07, 6.45) is 1.94. The molecule has 5 heteroatoms. The number of anilines is 1. The van der Waals surface area contributed by atoms with Crippen LogP contribution in [0.1, 0.15) is 10.4 Å². The third-order valence-electron chi connectivity index (χ3n) is 2.54. The second-order valence-corrected chi connectivity index (χ2v) is 5.49. The highest BCUT2D eigenvalue weighted by molar-refractivity contribution is 9.10. The van der Waals surface area contributed by atoms with Crippen LogP contribution in [0.3, 0.4) is 0 Å². The average Bonchev–Trinajstić information content (AvgIpc) is 2.42. The normalized spacial score (nSPS) is 10.3. The molecule has 0 unspecified atom stereocenters. The van der Waals surface area contributed by atoms with Crippen LogP contribution in [-0.4, -0.2) is 12.2 Å². The van der Waals surface area contributed by atoms with E-state index in [9.17, 15) is 9.18 Å². The number of amides is 1. The molecule has 2 aromatic rings.